The Labute approximate surface area is 72.0 Å². The molecular formula is C7H22O3Si. The molecule has 0 atom stereocenters. The van der Waals surface area contributed by atoms with Crippen LogP contribution in [0.4, 0.5) is 0 Å². The van der Waals surface area contributed by atoms with E-state index in [0.717, 1.165) is 6.04 Å². The monoisotopic (exact) mass is 182 g/mol. The molecular weight excluding hydrogens is 160 g/mol. The summed E-state index contributed by atoms with van der Waals surface area (Å²) < 4.78 is 15.2. The predicted octanol–water partition coefficient (Wildman–Crippen LogP) is 2.16. The Morgan fingerprint density at radius 3 is 1.18 bits per heavy atom. The average Bonchev–Trinajstić information content (AvgIpc) is 1.95. The third-order valence-corrected chi connectivity index (χ3v) is 4.10. The molecule has 0 radical (unpaired) electrons. The summed E-state index contributed by atoms with van der Waals surface area (Å²) in [6, 6.07) is 0.816. The van der Waals surface area contributed by atoms with Gasteiger partial charge in [-0.2, -0.15) is 0 Å². The maximum absolute atomic E-state index is 5.08. The summed E-state index contributed by atoms with van der Waals surface area (Å²) in [6.45, 7) is 1.99. The smallest absolute Gasteiger partial charge is 0.377 e. The van der Waals surface area contributed by atoms with Crippen LogP contribution in [0.25, 0.3) is 0 Å². The van der Waals surface area contributed by atoms with Crippen LogP contribution in [-0.2, 0) is 13.3 Å². The number of hydrogen-bond donors (Lipinski definition) is 0. The first-order valence-electron chi connectivity index (χ1n) is 2.90. The van der Waals surface area contributed by atoms with E-state index in [9.17, 15) is 0 Å². The van der Waals surface area contributed by atoms with Crippen LogP contribution in [0.1, 0.15) is 21.8 Å². The van der Waals surface area contributed by atoms with Gasteiger partial charge in [0.1, 0.15) is 0 Å². The first-order chi connectivity index (χ1) is 4.24. The van der Waals surface area contributed by atoms with Crippen LogP contribution < -0.4 is 0 Å². The zero-order chi connectivity index (χ0) is 7.33. The average molecular weight is 182 g/mol. The molecule has 0 saturated carbocycles. The van der Waals surface area contributed by atoms with Crippen molar-refractivity contribution in [2.45, 2.75) is 27.8 Å². The largest absolute Gasteiger partial charge is 0.499 e. The van der Waals surface area contributed by atoms with Crippen LogP contribution in [0, 0.1) is 0 Å². The quantitative estimate of drug-likeness (QED) is 0.624. The molecule has 0 heterocycles. The molecule has 0 spiro atoms. The zero-order valence-corrected chi connectivity index (χ0v) is 7.43. The molecule has 0 aromatic heterocycles. The molecule has 0 aliphatic heterocycles. The van der Waals surface area contributed by atoms with Gasteiger partial charge in [-0.15, -0.1) is 0 Å². The van der Waals surface area contributed by atoms with Crippen LogP contribution >= 0.6 is 0 Å². The van der Waals surface area contributed by atoms with Crippen molar-refractivity contribution in [3.8, 4) is 0 Å². The minimum absolute atomic E-state index is 0. The second-order valence-corrected chi connectivity index (χ2v) is 4.95. The maximum Gasteiger partial charge on any atom is 0.499 e. The van der Waals surface area contributed by atoms with Crippen molar-refractivity contribution in [1.82, 2.24) is 0 Å². The molecule has 0 bridgehead atoms. The highest BCUT2D eigenvalue weighted by Gasteiger charge is 2.34. The van der Waals surface area contributed by atoms with E-state index >= 15 is 0 Å². The van der Waals surface area contributed by atoms with Gasteiger partial charge in [0.25, 0.3) is 0 Å². The van der Waals surface area contributed by atoms with E-state index in [0.29, 0.717) is 0 Å². The topological polar surface area (TPSA) is 27.7 Å². The Morgan fingerprint density at radius 1 is 0.909 bits per heavy atom. The van der Waals surface area contributed by atoms with Gasteiger partial charge in [-0.05, 0) is 0 Å². The molecule has 0 unspecified atom stereocenters. The number of rotatable bonds is 4. The van der Waals surface area contributed by atoms with E-state index in [2.05, 4.69) is 0 Å². The zero-order valence-electron chi connectivity index (χ0n) is 6.43. The molecule has 3 nitrogen and oxygen atoms in total. The Morgan fingerprint density at radius 2 is 1.18 bits per heavy atom. The van der Waals surface area contributed by atoms with Crippen molar-refractivity contribution in [2.75, 3.05) is 21.3 Å². The second-order valence-electron chi connectivity index (χ2n) is 1.65. The highest BCUT2D eigenvalue weighted by molar-refractivity contribution is 6.60. The SMILES string of the molecule is C.C.CC[Si](OC)(OC)OC. The summed E-state index contributed by atoms with van der Waals surface area (Å²) in [5.74, 6) is 0. The standard InChI is InChI=1S/C5H14O3Si.2CH4/c1-5-9(6-2,7-3)8-4;;/h5H2,1-4H3;2*1H4. The predicted molar refractivity (Wildman–Crippen MR) is 50.7 cm³/mol. The van der Waals surface area contributed by atoms with Crippen molar-refractivity contribution >= 4 is 8.80 Å². The van der Waals surface area contributed by atoms with Gasteiger partial charge in [-0.1, -0.05) is 21.8 Å². The summed E-state index contributed by atoms with van der Waals surface area (Å²) in [6.07, 6.45) is 0. The third kappa shape index (κ3) is 4.52. The van der Waals surface area contributed by atoms with Gasteiger partial charge in [0.15, 0.2) is 0 Å². The van der Waals surface area contributed by atoms with Crippen molar-refractivity contribution in [3.05, 3.63) is 0 Å². The fourth-order valence-corrected chi connectivity index (χ4v) is 2.05. The van der Waals surface area contributed by atoms with E-state index in [1.807, 2.05) is 6.92 Å². The highest BCUT2D eigenvalue weighted by atomic mass is 28.4. The summed E-state index contributed by atoms with van der Waals surface area (Å²) in [5.41, 5.74) is 0. The summed E-state index contributed by atoms with van der Waals surface area (Å²) in [4.78, 5) is 0. The first-order valence-corrected chi connectivity index (χ1v) is 4.83. The molecule has 0 N–H and O–H groups in total. The van der Waals surface area contributed by atoms with E-state index in [1.165, 1.54) is 0 Å². The van der Waals surface area contributed by atoms with Crippen LogP contribution in [0.3, 0.4) is 0 Å². The van der Waals surface area contributed by atoms with Crippen LogP contribution in [0.5, 0.6) is 0 Å². The van der Waals surface area contributed by atoms with Crippen LogP contribution in [0.2, 0.25) is 6.04 Å². The number of hydrogen-bond acceptors (Lipinski definition) is 3. The first kappa shape index (κ1) is 17.3. The van der Waals surface area contributed by atoms with Crippen LogP contribution in [-0.4, -0.2) is 30.1 Å². The molecule has 0 aromatic carbocycles. The summed E-state index contributed by atoms with van der Waals surface area (Å²) in [7, 11) is 2.65. The second kappa shape index (κ2) is 8.20. The van der Waals surface area contributed by atoms with Gasteiger partial charge in [-0.25, -0.2) is 0 Å². The van der Waals surface area contributed by atoms with Gasteiger partial charge >= 0.3 is 8.80 Å². The molecule has 4 heteroatoms. The van der Waals surface area contributed by atoms with Gasteiger partial charge in [-0.3, -0.25) is 0 Å². The molecule has 0 saturated heterocycles. The Balaban J connectivity index is -0.000000320. The lowest BCUT2D eigenvalue weighted by atomic mass is 11.0. The lowest BCUT2D eigenvalue weighted by Crippen LogP contribution is -2.41. The fourth-order valence-electron chi connectivity index (χ4n) is 0.683. The molecule has 0 rings (SSSR count). The maximum atomic E-state index is 5.08. The Bertz CT molecular complexity index is 56.6. The molecule has 0 amide bonds. The molecule has 72 valence electrons. The normalized spacial score (nSPS) is 9.82. The van der Waals surface area contributed by atoms with Gasteiger partial charge in [0, 0.05) is 27.4 Å². The molecule has 0 aliphatic rings. The lowest BCUT2D eigenvalue weighted by Gasteiger charge is -2.22. The molecule has 0 aliphatic carbocycles. The summed E-state index contributed by atoms with van der Waals surface area (Å²) >= 11 is 0. The van der Waals surface area contributed by atoms with E-state index in [4.69, 9.17) is 13.3 Å². The minimum atomic E-state index is -2.19. The van der Waals surface area contributed by atoms with Crippen molar-refractivity contribution < 1.29 is 13.3 Å². The Kier molecular flexibility index (Phi) is 12.9. The molecule has 0 aromatic rings. The van der Waals surface area contributed by atoms with Crippen molar-refractivity contribution in [2.24, 2.45) is 0 Å². The van der Waals surface area contributed by atoms with E-state index in [-0.39, 0.29) is 14.9 Å². The van der Waals surface area contributed by atoms with E-state index in [1.54, 1.807) is 21.3 Å². The van der Waals surface area contributed by atoms with E-state index < -0.39 is 8.80 Å². The molecule has 0 fully saturated rings. The summed E-state index contributed by atoms with van der Waals surface area (Å²) in [5, 5.41) is 0. The third-order valence-electron chi connectivity index (χ3n) is 1.37. The Hall–Kier alpha value is 0.0969. The van der Waals surface area contributed by atoms with Crippen molar-refractivity contribution in [1.29, 1.82) is 0 Å². The van der Waals surface area contributed by atoms with Crippen molar-refractivity contribution in [3.63, 3.8) is 0 Å². The van der Waals surface area contributed by atoms with Gasteiger partial charge in [0.2, 0.25) is 0 Å². The fraction of sp³-hybridized carbons (Fsp3) is 1.00. The minimum Gasteiger partial charge on any atom is -0.377 e. The highest BCUT2D eigenvalue weighted by Crippen LogP contribution is 2.10. The van der Waals surface area contributed by atoms with Crippen LogP contribution in [0.15, 0.2) is 0 Å². The van der Waals surface area contributed by atoms with Gasteiger partial charge in [0.05, 0.1) is 0 Å². The lowest BCUT2D eigenvalue weighted by molar-refractivity contribution is 0.125. The van der Waals surface area contributed by atoms with Gasteiger partial charge < -0.3 is 13.3 Å². The molecule has 11 heavy (non-hydrogen) atoms.